The molecule has 1 aromatic rings. The maximum Gasteiger partial charge on any atom is 0.246 e. The summed E-state index contributed by atoms with van der Waals surface area (Å²) < 4.78 is 40.3. The van der Waals surface area contributed by atoms with Crippen molar-refractivity contribution in [3.63, 3.8) is 0 Å². The second-order valence-corrected chi connectivity index (χ2v) is 6.79. The first kappa shape index (κ1) is 14.4. The fourth-order valence-electron chi connectivity index (χ4n) is 2.44. The van der Waals surface area contributed by atoms with E-state index >= 15 is 0 Å². The highest BCUT2D eigenvalue weighted by atomic mass is 32.2. The quantitative estimate of drug-likeness (QED) is 0.922. The van der Waals surface area contributed by atoms with Crippen LogP contribution >= 0.6 is 0 Å². The summed E-state index contributed by atoms with van der Waals surface area (Å²) in [6, 6.07) is 3.99. The second kappa shape index (κ2) is 5.56. The van der Waals surface area contributed by atoms with Crippen LogP contribution < -0.4 is 5.73 Å². The van der Waals surface area contributed by atoms with Gasteiger partial charge in [-0.15, -0.1) is 0 Å². The first-order valence-corrected chi connectivity index (χ1v) is 7.91. The molecule has 1 aliphatic rings. The van der Waals surface area contributed by atoms with Crippen LogP contribution in [-0.4, -0.2) is 25.3 Å². The third kappa shape index (κ3) is 2.80. The molecule has 1 aliphatic heterocycles. The lowest BCUT2D eigenvalue weighted by atomic mass is 10.1. The van der Waals surface area contributed by atoms with Gasteiger partial charge in [-0.25, -0.2) is 12.8 Å². The standard InChI is InChI=1S/C13H19FN2O2S/c1-10-4-2-3-7-16(10)19(17,18)13-6-5-11(9-15)8-12(13)14/h5-6,8,10H,2-4,7,9,15H2,1H3. The topological polar surface area (TPSA) is 63.4 Å². The van der Waals surface area contributed by atoms with E-state index in [1.807, 2.05) is 6.92 Å². The molecule has 1 heterocycles. The van der Waals surface area contributed by atoms with E-state index in [1.54, 1.807) is 6.07 Å². The average molecular weight is 286 g/mol. The van der Waals surface area contributed by atoms with Crippen molar-refractivity contribution in [2.45, 2.75) is 43.7 Å². The van der Waals surface area contributed by atoms with E-state index in [-0.39, 0.29) is 17.5 Å². The molecule has 0 spiro atoms. The van der Waals surface area contributed by atoms with Gasteiger partial charge in [0.2, 0.25) is 10.0 Å². The Hall–Kier alpha value is -0.980. The van der Waals surface area contributed by atoms with Crippen LogP contribution in [0, 0.1) is 5.82 Å². The first-order chi connectivity index (χ1) is 8.96. The third-order valence-electron chi connectivity index (χ3n) is 3.56. The zero-order valence-corrected chi connectivity index (χ0v) is 11.8. The summed E-state index contributed by atoms with van der Waals surface area (Å²) in [7, 11) is -3.75. The minimum atomic E-state index is -3.75. The third-order valence-corrected chi connectivity index (χ3v) is 5.61. The molecule has 6 heteroatoms. The summed E-state index contributed by atoms with van der Waals surface area (Å²) in [6.45, 7) is 2.52. The average Bonchev–Trinajstić information content (AvgIpc) is 2.38. The number of rotatable bonds is 3. The van der Waals surface area contributed by atoms with E-state index in [0.717, 1.165) is 19.3 Å². The number of sulfonamides is 1. The molecule has 2 rings (SSSR count). The van der Waals surface area contributed by atoms with Gasteiger partial charge in [-0.3, -0.25) is 0 Å². The molecule has 0 aromatic heterocycles. The molecule has 4 nitrogen and oxygen atoms in total. The summed E-state index contributed by atoms with van der Waals surface area (Å²) in [5, 5.41) is 0. The summed E-state index contributed by atoms with van der Waals surface area (Å²) in [5.74, 6) is -0.722. The minimum absolute atomic E-state index is 0.0765. The molecular weight excluding hydrogens is 267 g/mol. The highest BCUT2D eigenvalue weighted by molar-refractivity contribution is 7.89. The van der Waals surface area contributed by atoms with Gasteiger partial charge >= 0.3 is 0 Å². The van der Waals surface area contributed by atoms with Crippen LogP contribution in [0.25, 0.3) is 0 Å². The van der Waals surface area contributed by atoms with Gasteiger partial charge in [0.05, 0.1) is 0 Å². The van der Waals surface area contributed by atoms with Gasteiger partial charge in [-0.1, -0.05) is 12.5 Å². The summed E-state index contributed by atoms with van der Waals surface area (Å²) in [6.07, 6.45) is 2.66. The van der Waals surface area contributed by atoms with E-state index in [4.69, 9.17) is 5.73 Å². The summed E-state index contributed by atoms with van der Waals surface area (Å²) in [4.78, 5) is -0.251. The smallest absolute Gasteiger partial charge is 0.246 e. The lowest BCUT2D eigenvalue weighted by Gasteiger charge is -2.32. The van der Waals surface area contributed by atoms with Crippen molar-refractivity contribution in [1.29, 1.82) is 0 Å². The number of nitrogens with zero attached hydrogens (tertiary/aromatic N) is 1. The maximum absolute atomic E-state index is 14.0. The van der Waals surface area contributed by atoms with Crippen LogP contribution in [-0.2, 0) is 16.6 Å². The van der Waals surface area contributed by atoms with Crippen molar-refractivity contribution >= 4 is 10.0 Å². The SMILES string of the molecule is CC1CCCCN1S(=O)(=O)c1ccc(CN)cc1F. The van der Waals surface area contributed by atoms with Gasteiger partial charge in [-0.05, 0) is 37.5 Å². The van der Waals surface area contributed by atoms with Crippen LogP contribution in [0.4, 0.5) is 4.39 Å². The summed E-state index contributed by atoms with van der Waals surface area (Å²) in [5.41, 5.74) is 6.00. The molecule has 2 N–H and O–H groups in total. The van der Waals surface area contributed by atoms with Crippen molar-refractivity contribution in [3.8, 4) is 0 Å². The first-order valence-electron chi connectivity index (χ1n) is 6.47. The predicted molar refractivity (Wildman–Crippen MR) is 71.5 cm³/mol. The molecule has 1 unspecified atom stereocenters. The van der Waals surface area contributed by atoms with Crippen molar-refractivity contribution < 1.29 is 12.8 Å². The van der Waals surface area contributed by atoms with Gasteiger partial charge in [-0.2, -0.15) is 4.31 Å². The van der Waals surface area contributed by atoms with Crippen LogP contribution in [0.1, 0.15) is 31.7 Å². The van der Waals surface area contributed by atoms with Crippen molar-refractivity contribution in [3.05, 3.63) is 29.6 Å². The van der Waals surface area contributed by atoms with Gasteiger partial charge in [0.1, 0.15) is 10.7 Å². The van der Waals surface area contributed by atoms with E-state index in [0.29, 0.717) is 12.1 Å². The monoisotopic (exact) mass is 286 g/mol. The molecule has 1 fully saturated rings. The second-order valence-electron chi connectivity index (χ2n) is 4.93. The molecule has 106 valence electrons. The molecule has 1 aromatic carbocycles. The Morgan fingerprint density at radius 2 is 2.16 bits per heavy atom. The number of halogens is 1. The van der Waals surface area contributed by atoms with Crippen molar-refractivity contribution in [2.24, 2.45) is 5.73 Å². The van der Waals surface area contributed by atoms with Crippen LogP contribution in [0.5, 0.6) is 0 Å². The summed E-state index contributed by atoms with van der Waals surface area (Å²) >= 11 is 0. The number of benzene rings is 1. The largest absolute Gasteiger partial charge is 0.326 e. The maximum atomic E-state index is 14.0. The Labute approximate surface area is 113 Å². The van der Waals surface area contributed by atoms with Crippen LogP contribution in [0.3, 0.4) is 0 Å². The zero-order chi connectivity index (χ0) is 14.0. The molecule has 0 radical (unpaired) electrons. The minimum Gasteiger partial charge on any atom is -0.326 e. The highest BCUT2D eigenvalue weighted by Gasteiger charge is 2.32. The fraction of sp³-hybridized carbons (Fsp3) is 0.538. The Balaban J connectivity index is 2.38. The Morgan fingerprint density at radius 3 is 2.74 bits per heavy atom. The lowest BCUT2D eigenvalue weighted by Crippen LogP contribution is -2.42. The molecule has 0 amide bonds. The Kier molecular flexibility index (Phi) is 4.23. The zero-order valence-electron chi connectivity index (χ0n) is 11.0. The van der Waals surface area contributed by atoms with E-state index in [1.165, 1.54) is 16.4 Å². The molecule has 0 aliphatic carbocycles. The molecule has 0 saturated carbocycles. The fourth-order valence-corrected chi connectivity index (χ4v) is 4.18. The lowest BCUT2D eigenvalue weighted by molar-refractivity contribution is 0.268. The van der Waals surface area contributed by atoms with Crippen LogP contribution in [0.2, 0.25) is 0 Å². The number of piperidine rings is 1. The molecular formula is C13H19FN2O2S. The van der Waals surface area contributed by atoms with Gasteiger partial charge in [0.15, 0.2) is 0 Å². The Morgan fingerprint density at radius 1 is 1.42 bits per heavy atom. The van der Waals surface area contributed by atoms with Crippen molar-refractivity contribution in [1.82, 2.24) is 4.31 Å². The molecule has 1 atom stereocenters. The van der Waals surface area contributed by atoms with E-state index in [9.17, 15) is 12.8 Å². The number of hydrogen-bond donors (Lipinski definition) is 1. The molecule has 1 saturated heterocycles. The number of hydrogen-bond acceptors (Lipinski definition) is 3. The van der Waals surface area contributed by atoms with Crippen molar-refractivity contribution in [2.75, 3.05) is 6.54 Å². The normalized spacial score (nSPS) is 21.5. The van der Waals surface area contributed by atoms with Gasteiger partial charge < -0.3 is 5.73 Å². The van der Waals surface area contributed by atoms with E-state index < -0.39 is 15.8 Å². The van der Waals surface area contributed by atoms with Gasteiger partial charge in [0, 0.05) is 19.1 Å². The van der Waals surface area contributed by atoms with Gasteiger partial charge in [0.25, 0.3) is 0 Å². The highest BCUT2D eigenvalue weighted by Crippen LogP contribution is 2.26. The predicted octanol–water partition coefficient (Wildman–Crippen LogP) is 1.85. The van der Waals surface area contributed by atoms with Crippen LogP contribution in [0.15, 0.2) is 23.1 Å². The number of nitrogens with two attached hydrogens (primary N) is 1. The molecule has 0 bridgehead atoms. The van der Waals surface area contributed by atoms with E-state index in [2.05, 4.69) is 0 Å². The molecule has 19 heavy (non-hydrogen) atoms. The Bertz CT molecular complexity index is 560.